The van der Waals surface area contributed by atoms with E-state index >= 15 is 0 Å². The van der Waals surface area contributed by atoms with Gasteiger partial charge in [0.1, 0.15) is 5.75 Å². The van der Waals surface area contributed by atoms with Crippen LogP contribution in [-0.4, -0.2) is 36.8 Å². The molecule has 0 saturated heterocycles. The van der Waals surface area contributed by atoms with Crippen LogP contribution in [0, 0.1) is 5.41 Å². The summed E-state index contributed by atoms with van der Waals surface area (Å²) in [5.41, 5.74) is -0.0481. The number of Topliss-reactive ketones (excluding diaryl/α,β-unsaturated/α-hetero) is 1. The number of hydrogen-bond donors (Lipinski definition) is 2. The maximum Gasteiger partial charge on any atom is 0.337 e. The van der Waals surface area contributed by atoms with Crippen LogP contribution in [0.15, 0.2) is 55.1 Å². The number of hydrogen-bond acceptors (Lipinski definition) is 6. The molecule has 2 N–H and O–H groups in total. The van der Waals surface area contributed by atoms with Gasteiger partial charge in [0.2, 0.25) is 12.0 Å². The van der Waals surface area contributed by atoms with Gasteiger partial charge in [-0.3, -0.25) is 14.4 Å². The number of halogens is 1. The number of rotatable bonds is 8. The van der Waals surface area contributed by atoms with Crippen molar-refractivity contribution in [3.63, 3.8) is 0 Å². The van der Waals surface area contributed by atoms with E-state index in [9.17, 15) is 19.2 Å². The number of amides is 2. The Hall–Kier alpha value is -3.65. The van der Waals surface area contributed by atoms with Crippen molar-refractivity contribution in [1.82, 2.24) is 0 Å². The number of methoxy groups -OCH3 is 1. The number of carbonyl (C=O) groups excluding carboxylic acids is 4. The Labute approximate surface area is 196 Å². The molecule has 1 atom stereocenters. The summed E-state index contributed by atoms with van der Waals surface area (Å²) in [6.45, 7) is 8.38. The van der Waals surface area contributed by atoms with Crippen LogP contribution in [0.3, 0.4) is 0 Å². The molecule has 8 nitrogen and oxygen atoms in total. The van der Waals surface area contributed by atoms with Gasteiger partial charge in [0.15, 0.2) is 5.78 Å². The van der Waals surface area contributed by atoms with Gasteiger partial charge in [-0.25, -0.2) is 4.79 Å². The monoisotopic (exact) mass is 472 g/mol. The van der Waals surface area contributed by atoms with Crippen molar-refractivity contribution in [1.29, 1.82) is 0 Å². The fourth-order valence-corrected chi connectivity index (χ4v) is 2.80. The second kappa shape index (κ2) is 10.8. The first-order valence-electron chi connectivity index (χ1n) is 9.89. The first kappa shape index (κ1) is 25.6. The normalized spacial score (nSPS) is 11.7. The SMILES string of the molecule is C=CC(=O)Nc1ccc(Cl)c(NC(=O)C(Oc2ccc(C(=O)OC)cc2)C(=O)C(C)(C)C)c1. The molecule has 2 amide bonds. The molecule has 2 aromatic rings. The summed E-state index contributed by atoms with van der Waals surface area (Å²) in [7, 11) is 1.26. The standard InChI is InChI=1S/C24H25ClN2O6/c1-6-19(28)26-15-9-12-17(25)18(13-15)27-22(30)20(21(29)24(2,3)4)33-16-10-7-14(8-11-16)23(31)32-5/h6-13,20H,1H2,2-5H3,(H,26,28)(H,27,30). The summed E-state index contributed by atoms with van der Waals surface area (Å²) in [6, 6.07) is 10.3. The van der Waals surface area contributed by atoms with Crippen LogP contribution in [0.5, 0.6) is 5.75 Å². The molecule has 0 aliphatic carbocycles. The summed E-state index contributed by atoms with van der Waals surface area (Å²) < 4.78 is 10.4. The number of benzene rings is 2. The Bertz CT molecular complexity index is 1070. The third-order valence-corrected chi connectivity index (χ3v) is 4.75. The lowest BCUT2D eigenvalue weighted by Crippen LogP contribution is -2.45. The second-order valence-electron chi connectivity index (χ2n) is 8.01. The number of ketones is 1. The number of ether oxygens (including phenoxy) is 2. The molecule has 0 aromatic heterocycles. The number of anilines is 2. The lowest BCUT2D eigenvalue weighted by molar-refractivity contribution is -0.140. The fourth-order valence-electron chi connectivity index (χ4n) is 2.63. The van der Waals surface area contributed by atoms with Crippen LogP contribution in [0.25, 0.3) is 0 Å². The summed E-state index contributed by atoms with van der Waals surface area (Å²) in [4.78, 5) is 49.2. The molecule has 0 fully saturated rings. The molecule has 2 rings (SSSR count). The van der Waals surface area contributed by atoms with E-state index in [1.54, 1.807) is 26.8 Å². The summed E-state index contributed by atoms with van der Waals surface area (Å²) >= 11 is 6.19. The Morgan fingerprint density at radius 2 is 1.67 bits per heavy atom. The minimum atomic E-state index is -1.50. The van der Waals surface area contributed by atoms with E-state index in [0.29, 0.717) is 5.69 Å². The maximum absolute atomic E-state index is 13.1. The molecule has 0 saturated carbocycles. The summed E-state index contributed by atoms with van der Waals surface area (Å²) in [5.74, 6) is -1.97. The van der Waals surface area contributed by atoms with E-state index < -0.39 is 35.1 Å². The van der Waals surface area contributed by atoms with Crippen molar-refractivity contribution in [2.75, 3.05) is 17.7 Å². The molecule has 174 valence electrons. The molecule has 9 heteroatoms. The predicted octanol–water partition coefficient (Wildman–Crippen LogP) is 4.25. The Morgan fingerprint density at radius 3 is 2.21 bits per heavy atom. The zero-order chi connectivity index (χ0) is 24.8. The van der Waals surface area contributed by atoms with Gasteiger partial charge in [0.05, 0.1) is 23.4 Å². The quantitative estimate of drug-likeness (QED) is 0.337. The summed E-state index contributed by atoms with van der Waals surface area (Å²) in [5, 5.41) is 5.35. The van der Waals surface area contributed by atoms with Crippen molar-refractivity contribution >= 4 is 46.5 Å². The molecule has 33 heavy (non-hydrogen) atoms. The van der Waals surface area contributed by atoms with Gasteiger partial charge in [0.25, 0.3) is 5.91 Å². The predicted molar refractivity (Wildman–Crippen MR) is 126 cm³/mol. The van der Waals surface area contributed by atoms with Gasteiger partial charge < -0.3 is 20.1 Å². The number of esters is 1. The van der Waals surface area contributed by atoms with E-state index in [2.05, 4.69) is 21.9 Å². The van der Waals surface area contributed by atoms with E-state index in [4.69, 9.17) is 16.3 Å². The molecule has 2 aromatic carbocycles. The molecule has 0 aliphatic rings. The fraction of sp³-hybridized carbons (Fsp3) is 0.250. The molecule has 0 radical (unpaired) electrons. The van der Waals surface area contributed by atoms with Crippen LogP contribution in [0.4, 0.5) is 11.4 Å². The number of carbonyl (C=O) groups is 4. The highest BCUT2D eigenvalue weighted by Crippen LogP contribution is 2.27. The first-order chi connectivity index (χ1) is 15.5. The largest absolute Gasteiger partial charge is 0.473 e. The Morgan fingerprint density at radius 1 is 1.03 bits per heavy atom. The maximum atomic E-state index is 13.1. The van der Waals surface area contributed by atoms with Crippen LogP contribution in [-0.2, 0) is 19.1 Å². The van der Waals surface area contributed by atoms with Crippen molar-refractivity contribution < 1.29 is 28.7 Å². The average molecular weight is 473 g/mol. The smallest absolute Gasteiger partial charge is 0.337 e. The highest BCUT2D eigenvalue weighted by Gasteiger charge is 2.37. The third kappa shape index (κ3) is 6.92. The highest BCUT2D eigenvalue weighted by atomic mass is 35.5. The highest BCUT2D eigenvalue weighted by molar-refractivity contribution is 6.34. The third-order valence-electron chi connectivity index (χ3n) is 4.42. The van der Waals surface area contributed by atoms with Gasteiger partial charge in [-0.05, 0) is 48.5 Å². The minimum Gasteiger partial charge on any atom is -0.473 e. The van der Waals surface area contributed by atoms with Gasteiger partial charge in [-0.1, -0.05) is 39.0 Å². The first-order valence-corrected chi connectivity index (χ1v) is 10.3. The van der Waals surface area contributed by atoms with Gasteiger partial charge in [0, 0.05) is 11.1 Å². The van der Waals surface area contributed by atoms with Gasteiger partial charge in [-0.15, -0.1) is 0 Å². The van der Waals surface area contributed by atoms with Crippen molar-refractivity contribution in [2.45, 2.75) is 26.9 Å². The van der Waals surface area contributed by atoms with Gasteiger partial charge in [-0.2, -0.15) is 0 Å². The molecular weight excluding hydrogens is 448 g/mol. The molecule has 0 aliphatic heterocycles. The van der Waals surface area contributed by atoms with Crippen molar-refractivity contribution in [2.24, 2.45) is 5.41 Å². The Kier molecular flexibility index (Phi) is 8.37. The topological polar surface area (TPSA) is 111 Å². The van der Waals surface area contributed by atoms with Crippen molar-refractivity contribution in [3.05, 3.63) is 65.7 Å². The van der Waals surface area contributed by atoms with Gasteiger partial charge >= 0.3 is 5.97 Å². The van der Waals surface area contributed by atoms with Crippen molar-refractivity contribution in [3.8, 4) is 5.75 Å². The lowest BCUT2D eigenvalue weighted by atomic mass is 9.87. The molecule has 0 bridgehead atoms. The zero-order valence-corrected chi connectivity index (χ0v) is 19.5. The van der Waals surface area contributed by atoms with Crippen LogP contribution >= 0.6 is 11.6 Å². The lowest BCUT2D eigenvalue weighted by Gasteiger charge is -2.25. The summed E-state index contributed by atoms with van der Waals surface area (Å²) in [6.07, 6.45) is -0.402. The van der Waals surface area contributed by atoms with E-state index in [1.165, 1.54) is 43.5 Å². The zero-order valence-electron chi connectivity index (χ0n) is 18.7. The van der Waals surface area contributed by atoms with Crippen LogP contribution in [0.1, 0.15) is 31.1 Å². The van der Waals surface area contributed by atoms with E-state index in [1.807, 2.05) is 0 Å². The molecule has 0 heterocycles. The molecule has 0 spiro atoms. The molecule has 1 unspecified atom stereocenters. The van der Waals surface area contributed by atoms with E-state index in [-0.39, 0.29) is 22.0 Å². The molecular formula is C24H25ClN2O6. The number of nitrogens with one attached hydrogen (secondary N) is 2. The Balaban J connectivity index is 2.31. The average Bonchev–Trinajstić information content (AvgIpc) is 2.78. The van der Waals surface area contributed by atoms with Crippen LogP contribution in [0.2, 0.25) is 5.02 Å². The second-order valence-corrected chi connectivity index (χ2v) is 8.41. The van der Waals surface area contributed by atoms with E-state index in [0.717, 1.165) is 6.08 Å². The minimum absolute atomic E-state index is 0.180. The van der Waals surface area contributed by atoms with Crippen LogP contribution < -0.4 is 15.4 Å².